The van der Waals surface area contributed by atoms with E-state index >= 15 is 0 Å². The van der Waals surface area contributed by atoms with Crippen molar-refractivity contribution >= 4 is 0 Å². The maximum atomic E-state index is 4.13. The highest BCUT2D eigenvalue weighted by Crippen LogP contribution is 2.21. The molecule has 1 aliphatic rings. The van der Waals surface area contributed by atoms with Gasteiger partial charge < -0.3 is 5.32 Å². The summed E-state index contributed by atoms with van der Waals surface area (Å²) in [5.74, 6) is 0. The Labute approximate surface area is 113 Å². The molecule has 0 amide bonds. The van der Waals surface area contributed by atoms with Gasteiger partial charge in [-0.2, -0.15) is 0 Å². The van der Waals surface area contributed by atoms with Crippen molar-refractivity contribution in [3.63, 3.8) is 0 Å². The number of nitrogens with zero attached hydrogens (tertiary/aromatic N) is 3. The average Bonchev–Trinajstić information content (AvgIpc) is 3.16. The molecule has 1 saturated carbocycles. The summed E-state index contributed by atoms with van der Waals surface area (Å²) in [6, 6.07) is 9.46. The molecule has 0 atom stereocenters. The number of hydrogen-bond donors (Lipinski definition) is 1. The lowest BCUT2D eigenvalue weighted by Crippen LogP contribution is -2.15. The maximum absolute atomic E-state index is 4.13. The average molecular weight is 256 g/mol. The summed E-state index contributed by atoms with van der Waals surface area (Å²) in [6.07, 6.45) is 5.58. The number of aryl methyl sites for hydroxylation is 1. The van der Waals surface area contributed by atoms with E-state index in [0.29, 0.717) is 0 Å². The zero-order valence-corrected chi connectivity index (χ0v) is 11.3. The first kappa shape index (κ1) is 12.4. The number of rotatable bonds is 6. The third-order valence-corrected chi connectivity index (χ3v) is 3.48. The Balaban J connectivity index is 1.71. The molecule has 0 bridgehead atoms. The van der Waals surface area contributed by atoms with E-state index in [9.17, 15) is 0 Å². The van der Waals surface area contributed by atoms with Crippen LogP contribution in [-0.4, -0.2) is 21.0 Å². The first-order chi connectivity index (χ1) is 9.36. The van der Waals surface area contributed by atoms with Crippen LogP contribution in [0.4, 0.5) is 0 Å². The summed E-state index contributed by atoms with van der Waals surface area (Å²) in [6.45, 7) is 4.04. The second-order valence-electron chi connectivity index (χ2n) is 5.19. The zero-order valence-electron chi connectivity index (χ0n) is 11.3. The van der Waals surface area contributed by atoms with Crippen LogP contribution >= 0.6 is 0 Å². The van der Waals surface area contributed by atoms with Crippen LogP contribution in [0, 0.1) is 0 Å². The second-order valence-corrected chi connectivity index (χ2v) is 5.19. The standard InChI is InChI=1S/C15H20N4/c1-2-9-19-15(11-17-18-19)13-5-3-12(4-6-13)10-16-14-7-8-14/h3-6,11,14,16H,2,7-10H2,1H3. The molecule has 1 aromatic carbocycles. The number of hydrogen-bond acceptors (Lipinski definition) is 3. The van der Waals surface area contributed by atoms with E-state index in [1.165, 1.54) is 24.0 Å². The predicted molar refractivity (Wildman–Crippen MR) is 75.6 cm³/mol. The lowest BCUT2D eigenvalue weighted by Gasteiger charge is -2.07. The fourth-order valence-electron chi connectivity index (χ4n) is 2.20. The van der Waals surface area contributed by atoms with Gasteiger partial charge in [-0.05, 0) is 24.8 Å². The van der Waals surface area contributed by atoms with Crippen molar-refractivity contribution in [1.29, 1.82) is 0 Å². The third-order valence-electron chi connectivity index (χ3n) is 3.48. The van der Waals surface area contributed by atoms with Crippen molar-refractivity contribution in [1.82, 2.24) is 20.3 Å². The van der Waals surface area contributed by atoms with Gasteiger partial charge in [0.05, 0.1) is 11.9 Å². The number of benzene rings is 1. The topological polar surface area (TPSA) is 42.7 Å². The Kier molecular flexibility index (Phi) is 3.60. The minimum atomic E-state index is 0.759. The third kappa shape index (κ3) is 3.01. The molecule has 100 valence electrons. The van der Waals surface area contributed by atoms with Crippen molar-refractivity contribution in [2.24, 2.45) is 0 Å². The highest BCUT2D eigenvalue weighted by atomic mass is 15.4. The van der Waals surface area contributed by atoms with Gasteiger partial charge in [0.15, 0.2) is 0 Å². The zero-order chi connectivity index (χ0) is 13.1. The van der Waals surface area contributed by atoms with Gasteiger partial charge in [0.1, 0.15) is 0 Å². The number of nitrogens with one attached hydrogen (secondary N) is 1. The highest BCUT2D eigenvalue weighted by Gasteiger charge is 2.19. The molecule has 1 fully saturated rings. The maximum Gasteiger partial charge on any atom is 0.0885 e. The van der Waals surface area contributed by atoms with Gasteiger partial charge in [0.25, 0.3) is 0 Å². The first-order valence-corrected chi connectivity index (χ1v) is 7.08. The Hall–Kier alpha value is -1.68. The predicted octanol–water partition coefficient (Wildman–Crippen LogP) is 2.61. The monoisotopic (exact) mass is 256 g/mol. The molecule has 2 aromatic rings. The van der Waals surface area contributed by atoms with Gasteiger partial charge in [-0.15, -0.1) is 5.10 Å². The van der Waals surface area contributed by atoms with Crippen molar-refractivity contribution in [2.75, 3.05) is 0 Å². The Morgan fingerprint density at radius 3 is 2.74 bits per heavy atom. The molecular weight excluding hydrogens is 236 g/mol. The quantitative estimate of drug-likeness (QED) is 0.864. The van der Waals surface area contributed by atoms with Crippen LogP contribution in [0.25, 0.3) is 11.3 Å². The molecule has 0 aliphatic heterocycles. The van der Waals surface area contributed by atoms with Crippen molar-refractivity contribution in [3.05, 3.63) is 36.0 Å². The van der Waals surface area contributed by atoms with Crippen molar-refractivity contribution in [3.8, 4) is 11.3 Å². The van der Waals surface area contributed by atoms with Crippen LogP contribution in [0.2, 0.25) is 0 Å². The highest BCUT2D eigenvalue weighted by molar-refractivity contribution is 5.58. The molecule has 0 unspecified atom stereocenters. The second kappa shape index (κ2) is 5.53. The van der Waals surface area contributed by atoms with E-state index in [4.69, 9.17) is 0 Å². The van der Waals surface area contributed by atoms with Crippen LogP contribution in [0.1, 0.15) is 31.7 Å². The molecule has 19 heavy (non-hydrogen) atoms. The van der Waals surface area contributed by atoms with Crippen molar-refractivity contribution < 1.29 is 0 Å². The van der Waals surface area contributed by atoms with E-state index < -0.39 is 0 Å². The molecule has 3 rings (SSSR count). The lowest BCUT2D eigenvalue weighted by atomic mass is 10.1. The number of aromatic nitrogens is 3. The van der Waals surface area contributed by atoms with E-state index in [1.807, 2.05) is 10.9 Å². The van der Waals surface area contributed by atoms with E-state index in [1.54, 1.807) is 0 Å². The Bertz CT molecular complexity index is 525. The summed E-state index contributed by atoms with van der Waals surface area (Å²) in [5, 5.41) is 11.7. The van der Waals surface area contributed by atoms with Crippen molar-refractivity contribution in [2.45, 2.75) is 45.3 Å². The van der Waals surface area contributed by atoms with Gasteiger partial charge in [-0.1, -0.05) is 36.4 Å². The van der Waals surface area contributed by atoms with E-state index in [-0.39, 0.29) is 0 Å². The molecule has 0 spiro atoms. The van der Waals surface area contributed by atoms with Crippen LogP contribution < -0.4 is 5.32 Å². The summed E-state index contributed by atoms with van der Waals surface area (Å²) in [4.78, 5) is 0. The molecule has 1 heterocycles. The molecule has 1 aliphatic carbocycles. The van der Waals surface area contributed by atoms with Gasteiger partial charge in [-0.25, -0.2) is 4.68 Å². The van der Waals surface area contributed by atoms with Gasteiger partial charge in [0, 0.05) is 24.7 Å². The van der Waals surface area contributed by atoms with Crippen LogP contribution in [0.15, 0.2) is 30.5 Å². The summed E-state index contributed by atoms with van der Waals surface area (Å²) >= 11 is 0. The summed E-state index contributed by atoms with van der Waals surface area (Å²) < 4.78 is 1.97. The Morgan fingerprint density at radius 2 is 2.05 bits per heavy atom. The van der Waals surface area contributed by atoms with Crippen LogP contribution in [-0.2, 0) is 13.1 Å². The minimum Gasteiger partial charge on any atom is -0.310 e. The fourth-order valence-corrected chi connectivity index (χ4v) is 2.20. The van der Waals surface area contributed by atoms with E-state index in [0.717, 1.165) is 31.2 Å². The van der Waals surface area contributed by atoms with Crippen LogP contribution in [0.3, 0.4) is 0 Å². The summed E-state index contributed by atoms with van der Waals surface area (Å²) in [5.41, 5.74) is 3.63. The SMILES string of the molecule is CCCn1nncc1-c1ccc(CNC2CC2)cc1. The van der Waals surface area contributed by atoms with Gasteiger partial charge in [0.2, 0.25) is 0 Å². The normalized spacial score (nSPS) is 14.8. The molecule has 4 heteroatoms. The van der Waals surface area contributed by atoms with Crippen LogP contribution in [0.5, 0.6) is 0 Å². The largest absolute Gasteiger partial charge is 0.310 e. The van der Waals surface area contributed by atoms with Gasteiger partial charge in [-0.3, -0.25) is 0 Å². The van der Waals surface area contributed by atoms with Gasteiger partial charge >= 0.3 is 0 Å². The fraction of sp³-hybridized carbons (Fsp3) is 0.467. The Morgan fingerprint density at radius 1 is 1.26 bits per heavy atom. The lowest BCUT2D eigenvalue weighted by molar-refractivity contribution is 0.584. The molecular formula is C15H20N4. The smallest absolute Gasteiger partial charge is 0.0885 e. The minimum absolute atomic E-state index is 0.759. The summed E-state index contributed by atoms with van der Waals surface area (Å²) in [7, 11) is 0. The molecule has 0 radical (unpaired) electrons. The molecule has 0 saturated heterocycles. The van der Waals surface area contributed by atoms with E-state index in [2.05, 4.69) is 46.8 Å². The molecule has 4 nitrogen and oxygen atoms in total. The molecule has 1 N–H and O–H groups in total. The first-order valence-electron chi connectivity index (χ1n) is 7.08. The molecule has 1 aromatic heterocycles.